The van der Waals surface area contributed by atoms with Crippen LogP contribution in [0.1, 0.15) is 5.56 Å². The lowest BCUT2D eigenvalue weighted by Crippen LogP contribution is -1.74. The zero-order chi connectivity index (χ0) is 8.39. The Balaban J connectivity index is 2.51. The number of rotatable bonds is 1. The van der Waals surface area contributed by atoms with E-state index in [0.29, 0.717) is 0 Å². The van der Waals surface area contributed by atoms with Gasteiger partial charge < -0.3 is 4.42 Å². The summed E-state index contributed by atoms with van der Waals surface area (Å²) in [5.74, 6) is 0. The molecule has 0 N–H and O–H groups in total. The molecule has 1 radical (unpaired) electrons. The summed E-state index contributed by atoms with van der Waals surface area (Å²) in [6, 6.07) is 10.1. The molecule has 0 bridgehead atoms. The molecule has 12 heavy (non-hydrogen) atoms. The molecule has 0 unspecified atom stereocenters. The summed E-state index contributed by atoms with van der Waals surface area (Å²) in [4.78, 5) is 0. The third-order valence-corrected chi connectivity index (χ3v) is 1.85. The summed E-state index contributed by atoms with van der Waals surface area (Å²) in [6.07, 6.45) is 4.56. The number of hydrogen-bond donors (Lipinski definition) is 0. The fourth-order valence-corrected chi connectivity index (χ4v) is 1.21. The quantitative estimate of drug-likeness (QED) is 0.620. The van der Waals surface area contributed by atoms with Crippen LogP contribution in [0.15, 0.2) is 41.0 Å². The van der Waals surface area contributed by atoms with E-state index in [1.165, 1.54) is 0 Å². The van der Waals surface area contributed by atoms with Crippen molar-refractivity contribution in [1.29, 1.82) is 0 Å². The third-order valence-electron chi connectivity index (χ3n) is 1.85. The molecular formula is C11H9O. The van der Waals surface area contributed by atoms with Gasteiger partial charge in [-0.15, -0.1) is 0 Å². The highest BCUT2D eigenvalue weighted by atomic mass is 16.3. The van der Waals surface area contributed by atoms with Crippen molar-refractivity contribution in [3.63, 3.8) is 0 Å². The van der Waals surface area contributed by atoms with Crippen molar-refractivity contribution in [3.05, 3.63) is 48.4 Å². The molecule has 1 heterocycles. The Morgan fingerprint density at radius 2 is 1.92 bits per heavy atom. The van der Waals surface area contributed by atoms with E-state index >= 15 is 0 Å². The first-order valence-corrected chi connectivity index (χ1v) is 3.89. The molecule has 2 aromatic rings. The Morgan fingerprint density at radius 1 is 1.17 bits per heavy atom. The smallest absolute Gasteiger partial charge is 0.177 e. The maximum atomic E-state index is 4.97. The van der Waals surface area contributed by atoms with E-state index in [4.69, 9.17) is 4.42 Å². The van der Waals surface area contributed by atoms with E-state index in [-0.39, 0.29) is 0 Å². The maximum Gasteiger partial charge on any atom is 0.177 e. The summed E-state index contributed by atoms with van der Waals surface area (Å²) in [6.45, 7) is 2.02. The van der Waals surface area contributed by atoms with Crippen molar-refractivity contribution < 1.29 is 4.42 Å². The molecule has 0 aliphatic carbocycles. The zero-order valence-electron chi connectivity index (χ0n) is 6.87. The predicted octanol–water partition coefficient (Wildman–Crippen LogP) is 3.06. The molecule has 2 rings (SSSR count). The highest BCUT2D eigenvalue weighted by Gasteiger charge is 2.02. The molecule has 1 nitrogen and oxygen atoms in total. The Morgan fingerprint density at radius 3 is 2.50 bits per heavy atom. The number of benzene rings is 1. The summed E-state index contributed by atoms with van der Waals surface area (Å²) in [7, 11) is 0. The Labute approximate surface area is 71.6 Å². The Kier molecular flexibility index (Phi) is 1.71. The lowest BCUT2D eigenvalue weighted by molar-refractivity contribution is 0.557. The molecule has 59 valence electrons. The predicted molar refractivity (Wildman–Crippen MR) is 47.7 cm³/mol. The molecule has 0 aliphatic rings. The van der Waals surface area contributed by atoms with Gasteiger partial charge in [0.05, 0.1) is 6.26 Å². The van der Waals surface area contributed by atoms with Crippen LogP contribution in [0, 0.1) is 13.2 Å². The van der Waals surface area contributed by atoms with Crippen LogP contribution in [0.4, 0.5) is 0 Å². The van der Waals surface area contributed by atoms with Crippen LogP contribution < -0.4 is 0 Å². The monoisotopic (exact) mass is 157 g/mol. The van der Waals surface area contributed by atoms with Crippen LogP contribution in [-0.4, -0.2) is 0 Å². The van der Waals surface area contributed by atoms with Crippen LogP contribution in [0.2, 0.25) is 0 Å². The largest absolute Gasteiger partial charge is 0.460 e. The second kappa shape index (κ2) is 2.86. The van der Waals surface area contributed by atoms with Gasteiger partial charge in [-0.1, -0.05) is 30.3 Å². The standard InChI is InChI=1S/C11H9O/c1-9-7-12-8-11(9)10-5-3-2-4-6-10/h2-7H,1H3. The van der Waals surface area contributed by atoms with Crippen LogP contribution in [0.5, 0.6) is 0 Å². The minimum absolute atomic E-state index is 1.05. The summed E-state index contributed by atoms with van der Waals surface area (Å²) in [5, 5.41) is 0. The van der Waals surface area contributed by atoms with Crippen LogP contribution in [-0.2, 0) is 0 Å². The fourth-order valence-electron chi connectivity index (χ4n) is 1.21. The molecule has 1 aromatic carbocycles. The molecule has 0 atom stereocenters. The van der Waals surface area contributed by atoms with Crippen molar-refractivity contribution in [3.8, 4) is 11.1 Å². The van der Waals surface area contributed by atoms with Crippen LogP contribution in [0.3, 0.4) is 0 Å². The fraction of sp³-hybridized carbons (Fsp3) is 0.0909. The van der Waals surface area contributed by atoms with Gasteiger partial charge in [-0.05, 0) is 18.1 Å². The minimum atomic E-state index is 1.05. The summed E-state index contributed by atoms with van der Waals surface area (Å²) < 4.78 is 4.97. The van der Waals surface area contributed by atoms with Gasteiger partial charge in [-0.3, -0.25) is 0 Å². The SMILES string of the molecule is Cc1co[c]c1-c1ccccc1. The molecule has 0 saturated carbocycles. The molecule has 0 spiro atoms. The summed E-state index contributed by atoms with van der Waals surface area (Å²) in [5.41, 5.74) is 3.33. The van der Waals surface area contributed by atoms with Gasteiger partial charge in [-0.2, -0.15) is 0 Å². The van der Waals surface area contributed by atoms with Gasteiger partial charge in [0, 0.05) is 5.56 Å². The average molecular weight is 157 g/mol. The second-order valence-electron chi connectivity index (χ2n) is 2.76. The molecule has 0 saturated heterocycles. The zero-order valence-corrected chi connectivity index (χ0v) is 6.87. The van der Waals surface area contributed by atoms with Crippen molar-refractivity contribution >= 4 is 0 Å². The Bertz CT molecular complexity index is 360. The molecule has 1 heteroatoms. The lowest BCUT2D eigenvalue weighted by atomic mass is 10.1. The van der Waals surface area contributed by atoms with Crippen LogP contribution in [0.25, 0.3) is 11.1 Å². The van der Waals surface area contributed by atoms with Gasteiger partial charge in [0.1, 0.15) is 0 Å². The first kappa shape index (κ1) is 7.17. The van der Waals surface area contributed by atoms with Crippen LogP contribution >= 0.6 is 0 Å². The Hall–Kier alpha value is -1.50. The minimum Gasteiger partial charge on any atom is -0.460 e. The van der Waals surface area contributed by atoms with Gasteiger partial charge in [-0.25, -0.2) is 0 Å². The summed E-state index contributed by atoms with van der Waals surface area (Å²) >= 11 is 0. The highest BCUT2D eigenvalue weighted by Crippen LogP contribution is 2.22. The maximum absolute atomic E-state index is 4.97. The topological polar surface area (TPSA) is 13.1 Å². The van der Waals surface area contributed by atoms with E-state index in [9.17, 15) is 0 Å². The molecular weight excluding hydrogens is 148 g/mol. The van der Waals surface area contributed by atoms with Gasteiger partial charge in [0.25, 0.3) is 0 Å². The van der Waals surface area contributed by atoms with Crippen molar-refractivity contribution in [2.45, 2.75) is 6.92 Å². The molecule has 0 aliphatic heterocycles. The molecule has 0 amide bonds. The number of furan rings is 1. The van der Waals surface area contributed by atoms with Crippen molar-refractivity contribution in [1.82, 2.24) is 0 Å². The van der Waals surface area contributed by atoms with E-state index in [1.807, 2.05) is 37.3 Å². The van der Waals surface area contributed by atoms with E-state index in [1.54, 1.807) is 6.26 Å². The van der Waals surface area contributed by atoms with Gasteiger partial charge in [0.15, 0.2) is 6.26 Å². The normalized spacial score (nSPS) is 10.1. The average Bonchev–Trinajstić information content (AvgIpc) is 2.53. The van der Waals surface area contributed by atoms with Crippen molar-refractivity contribution in [2.24, 2.45) is 0 Å². The van der Waals surface area contributed by atoms with Crippen molar-refractivity contribution in [2.75, 3.05) is 0 Å². The number of hydrogen-bond acceptors (Lipinski definition) is 1. The molecule has 0 fully saturated rings. The third kappa shape index (κ3) is 1.14. The highest BCUT2D eigenvalue weighted by molar-refractivity contribution is 5.64. The van der Waals surface area contributed by atoms with Gasteiger partial charge >= 0.3 is 0 Å². The van der Waals surface area contributed by atoms with E-state index in [2.05, 4.69) is 6.26 Å². The first-order chi connectivity index (χ1) is 5.88. The second-order valence-corrected chi connectivity index (χ2v) is 2.76. The van der Waals surface area contributed by atoms with Gasteiger partial charge in [0.2, 0.25) is 0 Å². The van der Waals surface area contributed by atoms with E-state index in [0.717, 1.165) is 16.7 Å². The molecule has 1 aromatic heterocycles. The lowest BCUT2D eigenvalue weighted by Gasteiger charge is -1.95. The number of aryl methyl sites for hydroxylation is 1. The first-order valence-electron chi connectivity index (χ1n) is 3.89. The van der Waals surface area contributed by atoms with E-state index < -0.39 is 0 Å².